The van der Waals surface area contributed by atoms with E-state index in [1.807, 2.05) is 6.92 Å². The minimum atomic E-state index is -0.289. The van der Waals surface area contributed by atoms with Gasteiger partial charge in [-0.05, 0) is 80.7 Å². The lowest BCUT2D eigenvalue weighted by Crippen LogP contribution is -2.12. The molecule has 146 valence electrons. The van der Waals surface area contributed by atoms with Crippen molar-refractivity contribution in [3.05, 3.63) is 82.1 Å². The van der Waals surface area contributed by atoms with Crippen molar-refractivity contribution < 1.29 is 5.11 Å². The van der Waals surface area contributed by atoms with E-state index in [2.05, 4.69) is 59.9 Å². The van der Waals surface area contributed by atoms with Gasteiger partial charge in [0, 0.05) is 17.8 Å². The van der Waals surface area contributed by atoms with Gasteiger partial charge in [-0.15, -0.1) is 0 Å². The van der Waals surface area contributed by atoms with Gasteiger partial charge in [0.1, 0.15) is 0 Å². The number of rotatable bonds is 7. The Morgan fingerprint density at radius 2 is 1.57 bits per heavy atom. The number of hydrogen-bond acceptors (Lipinski definition) is 2. The molecule has 1 unspecified atom stereocenters. The lowest BCUT2D eigenvalue weighted by Gasteiger charge is -2.24. The Kier molecular flexibility index (Phi) is 5.97. The van der Waals surface area contributed by atoms with Crippen molar-refractivity contribution in [1.82, 2.24) is 0 Å². The second-order valence-corrected chi connectivity index (χ2v) is 8.39. The van der Waals surface area contributed by atoms with Crippen LogP contribution in [0.4, 0.5) is 5.69 Å². The van der Waals surface area contributed by atoms with Crippen molar-refractivity contribution in [2.45, 2.75) is 64.4 Å². The fraction of sp³-hybridized carbons (Fsp3) is 0.385. The highest BCUT2D eigenvalue weighted by Crippen LogP contribution is 2.32. The number of anilines is 1. The van der Waals surface area contributed by atoms with Crippen LogP contribution in [-0.4, -0.2) is 11.2 Å². The third-order valence-corrected chi connectivity index (χ3v) is 5.89. The van der Waals surface area contributed by atoms with Gasteiger partial charge in [-0.25, -0.2) is 0 Å². The highest BCUT2D eigenvalue weighted by molar-refractivity contribution is 5.59. The van der Waals surface area contributed by atoms with Crippen LogP contribution in [0.15, 0.2) is 65.4 Å². The molecular formula is C26H31NO. The number of hydrogen-bond donors (Lipinski definition) is 2. The quantitative estimate of drug-likeness (QED) is 0.599. The van der Waals surface area contributed by atoms with Crippen LogP contribution in [0.25, 0.3) is 6.08 Å². The summed E-state index contributed by atoms with van der Waals surface area (Å²) >= 11 is 0. The van der Waals surface area contributed by atoms with Crippen LogP contribution in [0.1, 0.15) is 62.1 Å². The maximum Gasteiger partial charge on any atom is 0.0552 e. The van der Waals surface area contributed by atoms with Crippen LogP contribution < -0.4 is 5.32 Å². The summed E-state index contributed by atoms with van der Waals surface area (Å²) in [5.74, 6) is 0. The minimum Gasteiger partial charge on any atom is -0.393 e. The Balaban J connectivity index is 1.44. The third kappa shape index (κ3) is 4.94. The van der Waals surface area contributed by atoms with Crippen molar-refractivity contribution in [2.75, 3.05) is 5.32 Å². The van der Waals surface area contributed by atoms with Gasteiger partial charge in [0.05, 0.1) is 6.10 Å². The molecule has 0 heterocycles. The number of allylic oxidation sites excluding steroid dienone is 3. The zero-order valence-corrected chi connectivity index (χ0v) is 16.9. The summed E-state index contributed by atoms with van der Waals surface area (Å²) in [4.78, 5) is 0. The first-order chi connectivity index (χ1) is 13.7. The predicted molar refractivity (Wildman–Crippen MR) is 118 cm³/mol. The highest BCUT2D eigenvalue weighted by atomic mass is 16.3. The van der Waals surface area contributed by atoms with Crippen LogP contribution in [-0.2, 0) is 12.8 Å². The molecule has 28 heavy (non-hydrogen) atoms. The van der Waals surface area contributed by atoms with Crippen LogP contribution in [0.5, 0.6) is 0 Å². The van der Waals surface area contributed by atoms with E-state index in [1.54, 1.807) is 11.1 Å². The monoisotopic (exact) mass is 373 g/mol. The normalized spacial score (nSPS) is 16.8. The SMILES string of the molecule is CC(O)Cc1ccc(CC(Nc2ccc(C=C3CCC3)cc2)=C2CCC2)cc1. The van der Waals surface area contributed by atoms with E-state index < -0.39 is 0 Å². The van der Waals surface area contributed by atoms with Crippen LogP contribution >= 0.6 is 0 Å². The Labute approximate surface area is 169 Å². The van der Waals surface area contributed by atoms with E-state index in [0.29, 0.717) is 0 Å². The van der Waals surface area contributed by atoms with Gasteiger partial charge in [0.2, 0.25) is 0 Å². The number of benzene rings is 2. The molecule has 1 atom stereocenters. The molecule has 0 saturated heterocycles. The Hall–Kier alpha value is -2.32. The van der Waals surface area contributed by atoms with Crippen molar-refractivity contribution in [2.24, 2.45) is 0 Å². The topological polar surface area (TPSA) is 32.3 Å². The fourth-order valence-corrected chi connectivity index (χ4v) is 3.85. The molecule has 2 aliphatic carbocycles. The molecule has 2 fully saturated rings. The maximum atomic E-state index is 9.56. The van der Waals surface area contributed by atoms with Crippen LogP contribution in [0.2, 0.25) is 0 Å². The molecule has 0 radical (unpaired) electrons. The molecular weight excluding hydrogens is 342 g/mol. The van der Waals surface area contributed by atoms with Crippen LogP contribution in [0.3, 0.4) is 0 Å². The molecule has 0 aromatic heterocycles. The summed E-state index contributed by atoms with van der Waals surface area (Å²) in [5, 5.41) is 13.3. The van der Waals surface area contributed by atoms with E-state index in [0.717, 1.165) is 12.8 Å². The van der Waals surface area contributed by atoms with Gasteiger partial charge < -0.3 is 10.4 Å². The van der Waals surface area contributed by atoms with Crippen molar-refractivity contribution in [3.63, 3.8) is 0 Å². The second kappa shape index (κ2) is 8.79. The van der Waals surface area contributed by atoms with Crippen molar-refractivity contribution in [1.29, 1.82) is 0 Å². The third-order valence-electron chi connectivity index (χ3n) is 5.89. The molecule has 2 heteroatoms. The largest absolute Gasteiger partial charge is 0.393 e. The lowest BCUT2D eigenvalue weighted by atomic mass is 9.88. The first-order valence-corrected chi connectivity index (χ1v) is 10.7. The van der Waals surface area contributed by atoms with Gasteiger partial charge in [-0.2, -0.15) is 0 Å². The molecule has 2 N–H and O–H groups in total. The van der Waals surface area contributed by atoms with Crippen LogP contribution in [0, 0.1) is 0 Å². The molecule has 2 nitrogen and oxygen atoms in total. The van der Waals surface area contributed by atoms with Gasteiger partial charge >= 0.3 is 0 Å². The first kappa shape index (κ1) is 19.0. The standard InChI is InChI=1S/C26H31NO/c1-19(28)16-21-8-10-23(11-9-21)18-26(24-6-3-7-24)27-25-14-12-22(13-15-25)17-20-4-2-5-20/h8-15,17,19,27-28H,2-7,16,18H2,1H3. The summed E-state index contributed by atoms with van der Waals surface area (Å²) in [5.41, 5.74) is 9.51. The number of nitrogens with one attached hydrogen (secondary N) is 1. The molecule has 2 saturated carbocycles. The summed E-state index contributed by atoms with van der Waals surface area (Å²) in [7, 11) is 0. The molecule has 2 aromatic carbocycles. The zero-order chi connectivity index (χ0) is 19.3. The van der Waals surface area contributed by atoms with Gasteiger partial charge in [0.25, 0.3) is 0 Å². The average molecular weight is 374 g/mol. The molecule has 2 aliphatic rings. The first-order valence-electron chi connectivity index (χ1n) is 10.7. The smallest absolute Gasteiger partial charge is 0.0552 e. The maximum absolute atomic E-state index is 9.56. The molecule has 0 bridgehead atoms. The van der Waals surface area contributed by atoms with Gasteiger partial charge in [0.15, 0.2) is 0 Å². The lowest BCUT2D eigenvalue weighted by molar-refractivity contribution is 0.195. The number of aliphatic hydroxyl groups excluding tert-OH is 1. The summed E-state index contributed by atoms with van der Waals surface area (Å²) < 4.78 is 0. The van der Waals surface area contributed by atoms with Crippen molar-refractivity contribution in [3.8, 4) is 0 Å². The molecule has 0 spiro atoms. The Morgan fingerprint density at radius 3 is 2.11 bits per heavy atom. The predicted octanol–water partition coefficient (Wildman–Crippen LogP) is 6.27. The second-order valence-electron chi connectivity index (χ2n) is 8.39. The van der Waals surface area contributed by atoms with E-state index in [1.165, 1.54) is 66.6 Å². The fourth-order valence-electron chi connectivity index (χ4n) is 3.85. The average Bonchev–Trinajstić information content (AvgIpc) is 2.59. The van der Waals surface area contributed by atoms with Crippen molar-refractivity contribution >= 4 is 11.8 Å². The summed E-state index contributed by atoms with van der Waals surface area (Å²) in [6, 6.07) is 17.6. The highest BCUT2D eigenvalue weighted by Gasteiger charge is 2.15. The Bertz CT molecular complexity index is 844. The van der Waals surface area contributed by atoms with Gasteiger partial charge in [-0.3, -0.25) is 0 Å². The zero-order valence-electron chi connectivity index (χ0n) is 16.9. The van der Waals surface area contributed by atoms with E-state index in [-0.39, 0.29) is 6.10 Å². The molecule has 2 aromatic rings. The van der Waals surface area contributed by atoms with E-state index in [9.17, 15) is 5.11 Å². The minimum absolute atomic E-state index is 0.289. The van der Waals surface area contributed by atoms with Gasteiger partial charge in [-0.1, -0.05) is 53.6 Å². The van der Waals surface area contributed by atoms with E-state index in [4.69, 9.17) is 0 Å². The van der Waals surface area contributed by atoms with E-state index >= 15 is 0 Å². The molecule has 0 amide bonds. The summed E-state index contributed by atoms with van der Waals surface area (Å²) in [6.45, 7) is 1.84. The number of aliphatic hydroxyl groups is 1. The summed E-state index contributed by atoms with van der Waals surface area (Å²) in [6.07, 6.45) is 11.3. The molecule has 0 aliphatic heterocycles. The Morgan fingerprint density at radius 1 is 0.929 bits per heavy atom. The molecule has 4 rings (SSSR count).